The van der Waals surface area contributed by atoms with Crippen molar-refractivity contribution < 1.29 is 4.39 Å². The zero-order valence-electron chi connectivity index (χ0n) is 6.66. The quantitative estimate of drug-likeness (QED) is 0.541. The lowest BCUT2D eigenvalue weighted by molar-refractivity contribution is 0.619. The molecule has 6 heteroatoms. The lowest BCUT2D eigenvalue weighted by Gasteiger charge is -2.13. The molecule has 5 nitrogen and oxygen atoms in total. The molecule has 0 radical (unpaired) electrons. The van der Waals surface area contributed by atoms with Gasteiger partial charge in [-0.3, -0.25) is 0 Å². The molecule has 2 rings (SSSR count). The Hall–Kier alpha value is -1.82. The van der Waals surface area contributed by atoms with Gasteiger partial charge in [-0.2, -0.15) is 5.10 Å². The monoisotopic (exact) mass is 181 g/mol. The summed E-state index contributed by atoms with van der Waals surface area (Å²) >= 11 is 0. The summed E-state index contributed by atoms with van der Waals surface area (Å²) in [6, 6.07) is 4.41. The average Bonchev–Trinajstić information content (AvgIpc) is 2.62. The Morgan fingerprint density at radius 2 is 2.31 bits per heavy atom. The van der Waals surface area contributed by atoms with Crippen LogP contribution < -0.4 is 21.8 Å². The number of nitrogens with two attached hydrogens (primary N) is 1. The maximum Gasteiger partial charge on any atom is 0.146 e. The molecule has 0 saturated carbocycles. The van der Waals surface area contributed by atoms with Gasteiger partial charge in [0, 0.05) is 0 Å². The molecule has 0 spiro atoms. The summed E-state index contributed by atoms with van der Waals surface area (Å²) in [4.78, 5) is 0. The highest BCUT2D eigenvalue weighted by atomic mass is 19.1. The minimum atomic E-state index is -0.423. The van der Waals surface area contributed by atoms with Crippen LogP contribution in [-0.4, -0.2) is 6.34 Å². The van der Waals surface area contributed by atoms with Gasteiger partial charge in [0.2, 0.25) is 0 Å². The molecule has 0 aromatic heterocycles. The zero-order valence-corrected chi connectivity index (χ0v) is 6.66. The SMILES string of the molecule is Nc1cc(N2C=NNN2)ccc1F. The van der Waals surface area contributed by atoms with Crippen LogP contribution in [0.1, 0.15) is 0 Å². The van der Waals surface area contributed by atoms with E-state index in [9.17, 15) is 4.39 Å². The first-order valence-corrected chi connectivity index (χ1v) is 3.65. The Morgan fingerprint density at radius 3 is 2.92 bits per heavy atom. The Kier molecular flexibility index (Phi) is 1.75. The molecule has 1 aromatic rings. The number of nitrogens with one attached hydrogen (secondary N) is 2. The van der Waals surface area contributed by atoms with Gasteiger partial charge < -0.3 is 5.73 Å². The third kappa shape index (κ3) is 1.38. The molecule has 0 amide bonds. The van der Waals surface area contributed by atoms with Gasteiger partial charge in [-0.05, 0) is 18.2 Å². The van der Waals surface area contributed by atoms with E-state index in [1.54, 1.807) is 11.1 Å². The molecule has 68 valence electrons. The van der Waals surface area contributed by atoms with E-state index in [1.165, 1.54) is 18.5 Å². The van der Waals surface area contributed by atoms with Crippen molar-refractivity contribution in [3.63, 3.8) is 0 Å². The van der Waals surface area contributed by atoms with Gasteiger partial charge in [-0.25, -0.2) is 14.9 Å². The number of hydrogen-bond acceptors (Lipinski definition) is 5. The number of hydrogen-bond donors (Lipinski definition) is 3. The first-order chi connectivity index (χ1) is 6.27. The molecule has 1 aromatic carbocycles. The van der Waals surface area contributed by atoms with Gasteiger partial charge in [0.25, 0.3) is 0 Å². The molecule has 0 aliphatic carbocycles. The van der Waals surface area contributed by atoms with E-state index in [0.29, 0.717) is 5.69 Å². The number of rotatable bonds is 1. The first-order valence-electron chi connectivity index (χ1n) is 3.65. The first kappa shape index (κ1) is 7.81. The Morgan fingerprint density at radius 1 is 1.46 bits per heavy atom. The van der Waals surface area contributed by atoms with Crippen LogP contribution >= 0.6 is 0 Å². The summed E-state index contributed by atoms with van der Waals surface area (Å²) < 4.78 is 12.8. The van der Waals surface area contributed by atoms with Crippen molar-refractivity contribution in [2.75, 3.05) is 10.7 Å². The number of hydrazine groups is 2. The van der Waals surface area contributed by atoms with E-state index >= 15 is 0 Å². The van der Waals surface area contributed by atoms with Gasteiger partial charge in [-0.1, -0.05) is 0 Å². The molecule has 4 N–H and O–H groups in total. The van der Waals surface area contributed by atoms with Crippen LogP contribution in [-0.2, 0) is 0 Å². The van der Waals surface area contributed by atoms with Crippen molar-refractivity contribution in [2.45, 2.75) is 0 Å². The fourth-order valence-corrected chi connectivity index (χ4v) is 1.01. The largest absolute Gasteiger partial charge is 0.396 e. The normalized spacial score (nSPS) is 14.7. The van der Waals surface area contributed by atoms with Crippen molar-refractivity contribution in [1.82, 2.24) is 11.1 Å². The van der Waals surface area contributed by atoms with Crippen LogP contribution in [0.5, 0.6) is 0 Å². The van der Waals surface area contributed by atoms with Gasteiger partial charge in [-0.15, -0.1) is 5.53 Å². The Labute approximate surface area is 74.0 Å². The third-order valence-electron chi connectivity index (χ3n) is 1.67. The fraction of sp³-hybridized carbons (Fsp3) is 0. The van der Waals surface area contributed by atoms with E-state index < -0.39 is 5.82 Å². The van der Waals surface area contributed by atoms with Crippen molar-refractivity contribution >= 4 is 17.7 Å². The van der Waals surface area contributed by atoms with Crippen molar-refractivity contribution in [1.29, 1.82) is 0 Å². The summed E-state index contributed by atoms with van der Waals surface area (Å²) in [5, 5.41) is 5.28. The number of nitrogens with zero attached hydrogens (tertiary/aromatic N) is 2. The summed E-state index contributed by atoms with van der Waals surface area (Å²) in [5.74, 6) is -0.423. The summed E-state index contributed by atoms with van der Waals surface area (Å²) in [7, 11) is 0. The molecule has 1 heterocycles. The average molecular weight is 181 g/mol. The van der Waals surface area contributed by atoms with Gasteiger partial charge in [0.15, 0.2) is 0 Å². The van der Waals surface area contributed by atoms with E-state index in [2.05, 4.69) is 16.2 Å². The number of benzene rings is 1. The number of anilines is 2. The fourth-order valence-electron chi connectivity index (χ4n) is 1.01. The van der Waals surface area contributed by atoms with E-state index in [1.807, 2.05) is 0 Å². The smallest absolute Gasteiger partial charge is 0.146 e. The molecular weight excluding hydrogens is 173 g/mol. The molecule has 0 fully saturated rings. The highest BCUT2D eigenvalue weighted by molar-refractivity contribution is 5.79. The lowest BCUT2D eigenvalue weighted by atomic mass is 10.2. The molecule has 1 aliphatic rings. The number of hydrazone groups is 1. The van der Waals surface area contributed by atoms with Gasteiger partial charge >= 0.3 is 0 Å². The van der Waals surface area contributed by atoms with Crippen molar-refractivity contribution in [3.8, 4) is 0 Å². The molecule has 0 saturated heterocycles. The summed E-state index contributed by atoms with van der Waals surface area (Å²) in [6.07, 6.45) is 1.52. The van der Waals surface area contributed by atoms with Gasteiger partial charge in [0.05, 0.1) is 11.4 Å². The van der Waals surface area contributed by atoms with Crippen LogP contribution in [0.25, 0.3) is 0 Å². The highest BCUT2D eigenvalue weighted by Gasteiger charge is 2.08. The second-order valence-corrected chi connectivity index (χ2v) is 2.54. The van der Waals surface area contributed by atoms with Gasteiger partial charge in [0.1, 0.15) is 12.2 Å². The van der Waals surface area contributed by atoms with Crippen LogP contribution in [0.4, 0.5) is 15.8 Å². The molecular formula is C7H8FN5. The topological polar surface area (TPSA) is 65.7 Å². The van der Waals surface area contributed by atoms with Crippen LogP contribution in [0.15, 0.2) is 23.3 Å². The standard InChI is InChI=1S/C7H8FN5/c8-6-2-1-5(3-7(6)9)13-4-10-11-12-13/h1-4,11-12H,9H2. The summed E-state index contributed by atoms with van der Waals surface area (Å²) in [5.41, 5.74) is 11.4. The minimum absolute atomic E-state index is 0.111. The predicted molar refractivity (Wildman–Crippen MR) is 48.1 cm³/mol. The minimum Gasteiger partial charge on any atom is -0.396 e. The second kappa shape index (κ2) is 2.91. The highest BCUT2D eigenvalue weighted by Crippen LogP contribution is 2.18. The molecule has 0 unspecified atom stereocenters. The number of nitrogen functional groups attached to an aromatic ring is 1. The van der Waals surface area contributed by atoms with Crippen molar-refractivity contribution in [2.24, 2.45) is 5.10 Å². The molecule has 1 aliphatic heterocycles. The second-order valence-electron chi connectivity index (χ2n) is 2.54. The van der Waals surface area contributed by atoms with Crippen LogP contribution in [0.3, 0.4) is 0 Å². The Bertz CT molecular complexity index is 351. The van der Waals surface area contributed by atoms with Crippen LogP contribution in [0, 0.1) is 5.82 Å². The summed E-state index contributed by atoms with van der Waals surface area (Å²) in [6.45, 7) is 0. The maximum atomic E-state index is 12.8. The van der Waals surface area contributed by atoms with Crippen LogP contribution in [0.2, 0.25) is 0 Å². The van der Waals surface area contributed by atoms with E-state index in [4.69, 9.17) is 5.73 Å². The molecule has 0 bridgehead atoms. The zero-order chi connectivity index (χ0) is 9.26. The maximum absolute atomic E-state index is 12.8. The lowest BCUT2D eigenvalue weighted by Crippen LogP contribution is -2.37. The number of halogens is 1. The molecule has 0 atom stereocenters. The Balaban J connectivity index is 2.30. The molecule has 13 heavy (non-hydrogen) atoms. The van der Waals surface area contributed by atoms with E-state index in [0.717, 1.165) is 0 Å². The third-order valence-corrected chi connectivity index (χ3v) is 1.67. The predicted octanol–water partition coefficient (Wildman–Crippen LogP) is 0.180. The van der Waals surface area contributed by atoms with Crippen molar-refractivity contribution in [3.05, 3.63) is 24.0 Å². The van der Waals surface area contributed by atoms with E-state index in [-0.39, 0.29) is 5.69 Å².